The minimum Gasteiger partial charge on any atom is -0.496 e. The van der Waals surface area contributed by atoms with Gasteiger partial charge in [0.2, 0.25) is 5.91 Å². The third-order valence-corrected chi connectivity index (χ3v) is 7.58. The van der Waals surface area contributed by atoms with Gasteiger partial charge < -0.3 is 14.4 Å². The zero-order valence-electron chi connectivity index (χ0n) is 17.5. The van der Waals surface area contributed by atoms with Gasteiger partial charge in [-0.25, -0.2) is 0 Å². The van der Waals surface area contributed by atoms with E-state index in [9.17, 15) is 4.79 Å². The standard InChI is InChI=1S/C25H28N2O3/c1-29-21-13-19-9-5-8-18(19)12-20(21)15-26-11-10-25-23(26)14-24(28)27(25)16-22(30-25)17-6-3-2-4-7-17/h2-4,6-7,12-13,22-23H,5,8-11,14-16H2,1H3/t22-,23+,25-/m0/s1. The number of ether oxygens (including phenoxy) is 2. The fourth-order valence-electron chi connectivity index (χ4n) is 6.12. The van der Waals surface area contributed by atoms with Crippen LogP contribution in [0.25, 0.3) is 0 Å². The van der Waals surface area contributed by atoms with Crippen LogP contribution in [-0.4, -0.2) is 47.7 Å². The number of benzene rings is 2. The third kappa shape index (κ3) is 2.65. The van der Waals surface area contributed by atoms with Crippen LogP contribution in [0.5, 0.6) is 5.75 Å². The van der Waals surface area contributed by atoms with E-state index in [2.05, 4.69) is 29.2 Å². The summed E-state index contributed by atoms with van der Waals surface area (Å²) in [6, 6.07) is 15.0. The normalized spacial score (nSPS) is 29.9. The molecular weight excluding hydrogens is 376 g/mol. The van der Waals surface area contributed by atoms with Crippen LogP contribution in [0, 0.1) is 0 Å². The molecule has 5 nitrogen and oxygen atoms in total. The average molecular weight is 405 g/mol. The Kier molecular flexibility index (Phi) is 4.19. The zero-order valence-corrected chi connectivity index (χ0v) is 17.5. The molecule has 1 amide bonds. The maximum atomic E-state index is 12.9. The number of nitrogens with zero attached hydrogens (tertiary/aromatic N) is 2. The number of methoxy groups -OCH3 is 1. The second-order valence-electron chi connectivity index (χ2n) is 9.09. The molecular formula is C25H28N2O3. The summed E-state index contributed by atoms with van der Waals surface area (Å²) < 4.78 is 12.4. The Bertz CT molecular complexity index is 991. The summed E-state index contributed by atoms with van der Waals surface area (Å²) >= 11 is 0. The first-order chi connectivity index (χ1) is 14.7. The molecule has 2 aromatic rings. The Labute approximate surface area is 177 Å². The first-order valence-corrected chi connectivity index (χ1v) is 11.1. The van der Waals surface area contributed by atoms with E-state index in [1.807, 2.05) is 23.1 Å². The van der Waals surface area contributed by atoms with Crippen molar-refractivity contribution in [2.75, 3.05) is 20.2 Å². The van der Waals surface area contributed by atoms with Crippen LogP contribution in [0.3, 0.4) is 0 Å². The smallest absolute Gasteiger partial charge is 0.226 e. The Hall–Kier alpha value is -2.37. The maximum Gasteiger partial charge on any atom is 0.226 e. The van der Waals surface area contributed by atoms with Gasteiger partial charge in [0.05, 0.1) is 19.7 Å². The minimum atomic E-state index is -0.471. The number of rotatable bonds is 4. The Morgan fingerprint density at radius 1 is 1.17 bits per heavy atom. The molecule has 0 aromatic heterocycles. The second-order valence-corrected chi connectivity index (χ2v) is 9.09. The number of hydrogen-bond acceptors (Lipinski definition) is 4. The summed E-state index contributed by atoms with van der Waals surface area (Å²) in [5, 5.41) is 0. The Balaban J connectivity index is 1.28. The van der Waals surface area contributed by atoms with Crippen LogP contribution in [0.15, 0.2) is 42.5 Å². The molecule has 3 heterocycles. The quantitative estimate of drug-likeness (QED) is 0.783. The number of carbonyl (C=O) groups is 1. The fraction of sp³-hybridized carbons (Fsp3) is 0.480. The minimum absolute atomic E-state index is 0.0348. The summed E-state index contributed by atoms with van der Waals surface area (Å²) in [7, 11) is 1.76. The van der Waals surface area contributed by atoms with Crippen LogP contribution in [0.4, 0.5) is 0 Å². The fourth-order valence-corrected chi connectivity index (χ4v) is 6.12. The number of carbonyl (C=O) groups excluding carboxylic acids is 1. The number of likely N-dealkylation sites (tertiary alicyclic amines) is 1. The largest absolute Gasteiger partial charge is 0.496 e. The molecule has 3 fully saturated rings. The molecule has 3 saturated heterocycles. The van der Waals surface area contributed by atoms with Crippen molar-refractivity contribution in [3.8, 4) is 5.75 Å². The Morgan fingerprint density at radius 2 is 1.97 bits per heavy atom. The summed E-state index contributed by atoms with van der Waals surface area (Å²) in [6.07, 6.45) is 4.94. The van der Waals surface area contributed by atoms with Gasteiger partial charge in [-0.1, -0.05) is 36.4 Å². The van der Waals surface area contributed by atoms with Crippen LogP contribution < -0.4 is 4.74 Å². The molecule has 4 aliphatic rings. The molecule has 0 bridgehead atoms. The molecule has 30 heavy (non-hydrogen) atoms. The lowest BCUT2D eigenvalue weighted by Crippen LogP contribution is -2.47. The number of amides is 1. The van der Waals surface area contributed by atoms with Gasteiger partial charge in [-0.3, -0.25) is 9.69 Å². The lowest BCUT2D eigenvalue weighted by Gasteiger charge is -2.32. The number of aryl methyl sites for hydroxylation is 2. The third-order valence-electron chi connectivity index (χ3n) is 7.58. The number of hydrogen-bond donors (Lipinski definition) is 0. The summed E-state index contributed by atoms with van der Waals surface area (Å²) in [6.45, 7) is 2.41. The van der Waals surface area contributed by atoms with E-state index in [0.29, 0.717) is 13.0 Å². The van der Waals surface area contributed by atoms with E-state index < -0.39 is 5.72 Å². The van der Waals surface area contributed by atoms with Crippen molar-refractivity contribution in [1.29, 1.82) is 0 Å². The van der Waals surface area contributed by atoms with Crippen molar-refractivity contribution in [1.82, 2.24) is 9.80 Å². The predicted octanol–water partition coefficient (Wildman–Crippen LogP) is 3.46. The van der Waals surface area contributed by atoms with Crippen LogP contribution in [0.1, 0.15) is 47.6 Å². The highest BCUT2D eigenvalue weighted by Gasteiger charge is 2.63. The van der Waals surface area contributed by atoms with Crippen LogP contribution in [0.2, 0.25) is 0 Å². The van der Waals surface area contributed by atoms with Gasteiger partial charge in [-0.15, -0.1) is 0 Å². The monoisotopic (exact) mass is 404 g/mol. The Morgan fingerprint density at radius 3 is 2.77 bits per heavy atom. The lowest BCUT2D eigenvalue weighted by molar-refractivity contribution is -0.138. The molecule has 3 atom stereocenters. The van der Waals surface area contributed by atoms with Gasteiger partial charge in [-0.05, 0) is 42.0 Å². The van der Waals surface area contributed by atoms with Crippen molar-refractivity contribution in [3.05, 3.63) is 64.7 Å². The highest BCUT2D eigenvalue weighted by Crippen LogP contribution is 2.51. The van der Waals surface area contributed by atoms with Crippen LogP contribution in [-0.2, 0) is 28.9 Å². The van der Waals surface area contributed by atoms with E-state index >= 15 is 0 Å². The van der Waals surface area contributed by atoms with E-state index in [1.54, 1.807) is 7.11 Å². The highest BCUT2D eigenvalue weighted by molar-refractivity contribution is 5.81. The van der Waals surface area contributed by atoms with Crippen molar-refractivity contribution >= 4 is 5.91 Å². The summed E-state index contributed by atoms with van der Waals surface area (Å²) in [4.78, 5) is 17.4. The molecule has 156 valence electrons. The van der Waals surface area contributed by atoms with Gasteiger partial charge in [0.1, 0.15) is 11.9 Å². The summed E-state index contributed by atoms with van der Waals surface area (Å²) in [5.41, 5.74) is 4.82. The van der Waals surface area contributed by atoms with Gasteiger partial charge in [0, 0.05) is 31.5 Å². The molecule has 1 spiro atoms. The van der Waals surface area contributed by atoms with Crippen molar-refractivity contribution in [2.45, 2.75) is 56.5 Å². The molecule has 0 saturated carbocycles. The lowest BCUT2D eigenvalue weighted by atomic mass is 10.0. The van der Waals surface area contributed by atoms with Crippen LogP contribution >= 0.6 is 0 Å². The van der Waals surface area contributed by atoms with E-state index in [-0.39, 0.29) is 18.1 Å². The van der Waals surface area contributed by atoms with Gasteiger partial charge in [-0.2, -0.15) is 0 Å². The second kappa shape index (κ2) is 6.82. The molecule has 0 N–H and O–H groups in total. The van der Waals surface area contributed by atoms with Gasteiger partial charge >= 0.3 is 0 Å². The first kappa shape index (κ1) is 18.4. The van der Waals surface area contributed by atoms with Crippen molar-refractivity contribution in [2.24, 2.45) is 0 Å². The van der Waals surface area contributed by atoms with Crippen molar-refractivity contribution < 1.29 is 14.3 Å². The first-order valence-electron chi connectivity index (χ1n) is 11.1. The SMILES string of the molecule is COc1cc2c(cc1CN1CC[C@@]34O[C@H](c5ccccc5)CN3C(=O)C[C@@H]14)CCC2. The van der Waals surface area contributed by atoms with E-state index in [0.717, 1.165) is 43.7 Å². The molecule has 2 aromatic carbocycles. The van der Waals surface area contributed by atoms with Gasteiger partial charge in [0.15, 0.2) is 5.72 Å². The van der Waals surface area contributed by atoms with E-state index in [1.165, 1.54) is 23.1 Å². The topological polar surface area (TPSA) is 42.0 Å². The molecule has 0 unspecified atom stereocenters. The van der Waals surface area contributed by atoms with Gasteiger partial charge in [0.25, 0.3) is 0 Å². The number of fused-ring (bicyclic) bond motifs is 1. The maximum absolute atomic E-state index is 12.9. The van der Waals surface area contributed by atoms with Crippen molar-refractivity contribution in [3.63, 3.8) is 0 Å². The zero-order chi connectivity index (χ0) is 20.3. The molecule has 3 aliphatic heterocycles. The molecule has 6 rings (SSSR count). The molecule has 0 radical (unpaired) electrons. The predicted molar refractivity (Wildman–Crippen MR) is 113 cm³/mol. The average Bonchev–Trinajstić information content (AvgIpc) is 3.51. The van der Waals surface area contributed by atoms with E-state index in [4.69, 9.17) is 9.47 Å². The molecule has 1 aliphatic carbocycles. The molecule has 5 heteroatoms. The summed E-state index contributed by atoms with van der Waals surface area (Å²) in [5.74, 6) is 1.20. The highest BCUT2D eigenvalue weighted by atomic mass is 16.5.